The Hall–Kier alpha value is -2.77. The van der Waals surface area contributed by atoms with Gasteiger partial charge < -0.3 is 10.1 Å². The summed E-state index contributed by atoms with van der Waals surface area (Å²) in [6, 6.07) is 3.63. The average molecular weight is 289 g/mol. The average Bonchev–Trinajstić information content (AvgIpc) is 2.52. The first kappa shape index (κ1) is 14.6. The first-order valence-electron chi connectivity index (χ1n) is 6.37. The highest BCUT2D eigenvalue weighted by Gasteiger charge is 2.25. The fourth-order valence-electron chi connectivity index (χ4n) is 1.75. The van der Waals surface area contributed by atoms with Gasteiger partial charge in [0, 0.05) is 25.4 Å². The predicted octanol–water partition coefficient (Wildman–Crippen LogP) is 1.96. The minimum Gasteiger partial charge on any atom is -0.476 e. The second-order valence-electron chi connectivity index (χ2n) is 4.17. The van der Waals surface area contributed by atoms with Crippen molar-refractivity contribution in [3.8, 4) is 5.88 Å². The summed E-state index contributed by atoms with van der Waals surface area (Å²) in [4.78, 5) is 22.8. The van der Waals surface area contributed by atoms with Crippen molar-refractivity contribution >= 4 is 11.5 Å². The number of pyridine rings is 1. The van der Waals surface area contributed by atoms with Crippen LogP contribution in [0.25, 0.3) is 0 Å². The van der Waals surface area contributed by atoms with Crippen molar-refractivity contribution in [1.82, 2.24) is 15.0 Å². The number of ether oxygens (including phenoxy) is 1. The molecular formula is C13H15N5O3. The Morgan fingerprint density at radius 3 is 2.62 bits per heavy atom. The van der Waals surface area contributed by atoms with Crippen molar-refractivity contribution < 1.29 is 9.66 Å². The van der Waals surface area contributed by atoms with Crippen LogP contribution in [-0.2, 0) is 13.0 Å². The Bertz CT molecular complexity index is 633. The lowest BCUT2D eigenvalue weighted by Gasteiger charge is -2.09. The molecule has 0 atom stereocenters. The number of rotatable bonds is 6. The molecule has 2 aromatic heterocycles. The van der Waals surface area contributed by atoms with E-state index in [1.807, 2.05) is 19.1 Å². The van der Waals surface area contributed by atoms with E-state index in [0.717, 1.165) is 5.56 Å². The Morgan fingerprint density at radius 1 is 1.33 bits per heavy atom. The highest BCUT2D eigenvalue weighted by Crippen LogP contribution is 2.31. The zero-order chi connectivity index (χ0) is 15.2. The van der Waals surface area contributed by atoms with E-state index in [9.17, 15) is 10.1 Å². The smallest absolute Gasteiger partial charge is 0.372 e. The number of hydrogen-bond donors (Lipinski definition) is 1. The maximum absolute atomic E-state index is 11.2. The number of aryl methyl sites for hydroxylation is 1. The zero-order valence-electron chi connectivity index (χ0n) is 11.7. The minimum atomic E-state index is -0.548. The predicted molar refractivity (Wildman–Crippen MR) is 76.2 cm³/mol. The third kappa shape index (κ3) is 3.41. The molecule has 0 saturated heterocycles. The zero-order valence-corrected chi connectivity index (χ0v) is 11.7. The van der Waals surface area contributed by atoms with Gasteiger partial charge in [-0.3, -0.25) is 15.1 Å². The van der Waals surface area contributed by atoms with Crippen LogP contribution < -0.4 is 10.1 Å². The highest BCUT2D eigenvalue weighted by atomic mass is 16.6. The van der Waals surface area contributed by atoms with Crippen LogP contribution in [0.1, 0.15) is 18.3 Å². The van der Waals surface area contributed by atoms with Crippen molar-refractivity contribution in [3.05, 3.63) is 46.0 Å². The van der Waals surface area contributed by atoms with Gasteiger partial charge in [0.1, 0.15) is 5.82 Å². The maximum Gasteiger partial charge on any atom is 0.372 e. The normalized spacial score (nSPS) is 10.2. The van der Waals surface area contributed by atoms with Gasteiger partial charge >= 0.3 is 5.69 Å². The number of nitrogens with zero attached hydrogens (tertiary/aromatic N) is 4. The number of anilines is 1. The molecule has 2 heterocycles. The second-order valence-corrected chi connectivity index (χ2v) is 4.17. The van der Waals surface area contributed by atoms with Crippen LogP contribution in [0.4, 0.5) is 11.5 Å². The van der Waals surface area contributed by atoms with E-state index in [1.165, 1.54) is 7.11 Å². The van der Waals surface area contributed by atoms with Gasteiger partial charge in [0.2, 0.25) is 5.82 Å². The van der Waals surface area contributed by atoms with E-state index in [4.69, 9.17) is 4.74 Å². The molecule has 2 aromatic rings. The van der Waals surface area contributed by atoms with Crippen LogP contribution >= 0.6 is 0 Å². The summed E-state index contributed by atoms with van der Waals surface area (Å²) in [6.45, 7) is 2.26. The molecule has 0 aliphatic heterocycles. The lowest BCUT2D eigenvalue weighted by atomic mass is 10.2. The third-order valence-corrected chi connectivity index (χ3v) is 2.80. The maximum atomic E-state index is 11.2. The summed E-state index contributed by atoms with van der Waals surface area (Å²) in [5.41, 5.74) is 0.679. The molecule has 2 rings (SSSR count). The first-order valence-corrected chi connectivity index (χ1v) is 6.37. The molecule has 8 nitrogen and oxygen atoms in total. The van der Waals surface area contributed by atoms with Gasteiger partial charge in [-0.1, -0.05) is 6.92 Å². The van der Waals surface area contributed by atoms with Gasteiger partial charge in [-0.15, -0.1) is 0 Å². The summed E-state index contributed by atoms with van der Waals surface area (Å²) in [7, 11) is 1.35. The van der Waals surface area contributed by atoms with Gasteiger partial charge in [-0.2, -0.15) is 4.98 Å². The topological polar surface area (TPSA) is 103 Å². The van der Waals surface area contributed by atoms with Gasteiger partial charge in [-0.25, -0.2) is 4.98 Å². The summed E-state index contributed by atoms with van der Waals surface area (Å²) in [5.74, 6) is 0.597. The van der Waals surface area contributed by atoms with Crippen LogP contribution in [0.5, 0.6) is 5.88 Å². The Labute approximate surface area is 121 Å². The van der Waals surface area contributed by atoms with Gasteiger partial charge in [-0.05, 0) is 17.7 Å². The van der Waals surface area contributed by atoms with E-state index in [-0.39, 0.29) is 17.4 Å². The van der Waals surface area contributed by atoms with Crippen molar-refractivity contribution in [3.63, 3.8) is 0 Å². The van der Waals surface area contributed by atoms with Crippen LogP contribution in [-0.4, -0.2) is 27.0 Å². The van der Waals surface area contributed by atoms with Crippen molar-refractivity contribution in [2.75, 3.05) is 12.4 Å². The molecule has 0 spiro atoms. The molecular weight excluding hydrogens is 274 g/mol. The summed E-state index contributed by atoms with van der Waals surface area (Å²) < 4.78 is 5.00. The van der Waals surface area contributed by atoms with Gasteiger partial charge in [0.15, 0.2) is 0 Å². The SMILES string of the molecule is CCc1nc(NCc2ccncc2)c([N+](=O)[O-])c(OC)n1. The van der Waals surface area contributed by atoms with E-state index >= 15 is 0 Å². The fraction of sp³-hybridized carbons (Fsp3) is 0.308. The van der Waals surface area contributed by atoms with Gasteiger partial charge in [0.05, 0.1) is 12.0 Å². The van der Waals surface area contributed by atoms with Crippen molar-refractivity contribution in [2.24, 2.45) is 0 Å². The molecule has 0 amide bonds. The van der Waals surface area contributed by atoms with Crippen LogP contribution in [0, 0.1) is 10.1 Å². The molecule has 0 aliphatic carbocycles. The lowest BCUT2D eigenvalue weighted by Crippen LogP contribution is -2.09. The standard InChI is InChI=1S/C13H15N5O3/c1-3-10-16-12(11(18(19)20)13(17-10)21-2)15-8-9-4-6-14-7-5-9/h4-7H,3,8H2,1-2H3,(H,15,16,17). The molecule has 0 aliphatic rings. The summed E-state index contributed by atoms with van der Waals surface area (Å²) in [5, 5.41) is 14.2. The quantitative estimate of drug-likeness (QED) is 0.640. The molecule has 0 saturated carbocycles. The fourth-order valence-corrected chi connectivity index (χ4v) is 1.75. The van der Waals surface area contributed by atoms with Crippen LogP contribution in [0.3, 0.4) is 0 Å². The molecule has 8 heteroatoms. The van der Waals surface area contributed by atoms with Crippen molar-refractivity contribution in [1.29, 1.82) is 0 Å². The largest absolute Gasteiger partial charge is 0.476 e. The number of methoxy groups -OCH3 is 1. The van der Waals surface area contributed by atoms with Crippen LogP contribution in [0.2, 0.25) is 0 Å². The summed E-state index contributed by atoms with van der Waals surface area (Å²) >= 11 is 0. The third-order valence-electron chi connectivity index (χ3n) is 2.80. The molecule has 0 aromatic carbocycles. The van der Waals surface area contributed by atoms with E-state index in [2.05, 4.69) is 20.3 Å². The van der Waals surface area contributed by atoms with Gasteiger partial charge in [0.25, 0.3) is 5.88 Å². The Morgan fingerprint density at radius 2 is 2.05 bits per heavy atom. The minimum absolute atomic E-state index is 0.0379. The van der Waals surface area contributed by atoms with E-state index < -0.39 is 4.92 Å². The molecule has 0 fully saturated rings. The Balaban J connectivity index is 2.34. The lowest BCUT2D eigenvalue weighted by molar-refractivity contribution is -0.385. The number of hydrogen-bond acceptors (Lipinski definition) is 7. The summed E-state index contributed by atoms with van der Waals surface area (Å²) in [6.07, 6.45) is 3.87. The first-order chi connectivity index (χ1) is 10.2. The number of nitro groups is 1. The number of aromatic nitrogens is 3. The highest BCUT2D eigenvalue weighted by molar-refractivity contribution is 5.61. The number of nitrogens with one attached hydrogen (secondary N) is 1. The van der Waals surface area contributed by atoms with E-state index in [0.29, 0.717) is 18.8 Å². The molecule has 0 bridgehead atoms. The monoisotopic (exact) mass is 289 g/mol. The van der Waals surface area contributed by atoms with Crippen molar-refractivity contribution in [2.45, 2.75) is 19.9 Å². The molecule has 0 unspecified atom stereocenters. The molecule has 1 N–H and O–H groups in total. The Kier molecular flexibility index (Phi) is 4.60. The van der Waals surface area contributed by atoms with E-state index in [1.54, 1.807) is 12.4 Å². The molecule has 0 radical (unpaired) electrons. The molecule has 110 valence electrons. The molecule has 21 heavy (non-hydrogen) atoms. The second kappa shape index (κ2) is 6.60. The van der Waals surface area contributed by atoms with Crippen LogP contribution in [0.15, 0.2) is 24.5 Å².